The monoisotopic (exact) mass is 246 g/mol. The van der Waals surface area contributed by atoms with Gasteiger partial charge in [-0.25, -0.2) is 23.3 Å². The van der Waals surface area contributed by atoms with Gasteiger partial charge in [-0.05, 0) is 0 Å². The van der Waals surface area contributed by atoms with E-state index in [4.69, 9.17) is 13.2 Å². The average Bonchev–Trinajstić information content (AvgIpc) is 1.79. The molecule has 0 aromatic heterocycles. The molecular formula is C14H22Fe. The van der Waals surface area contributed by atoms with Crippen LogP contribution in [0.4, 0.5) is 0 Å². The van der Waals surface area contributed by atoms with Crippen molar-refractivity contribution in [3.8, 4) is 0 Å². The van der Waals surface area contributed by atoms with E-state index in [1.807, 2.05) is 53.7 Å². The molecule has 0 aliphatic carbocycles. The van der Waals surface area contributed by atoms with E-state index in [0.717, 1.165) is 11.1 Å². The smallest absolute Gasteiger partial charge is 0.290 e. The second-order valence-corrected chi connectivity index (χ2v) is 3.93. The van der Waals surface area contributed by atoms with E-state index in [1.165, 1.54) is 11.1 Å². The van der Waals surface area contributed by atoms with Crippen molar-refractivity contribution in [1.82, 2.24) is 0 Å². The summed E-state index contributed by atoms with van der Waals surface area (Å²) in [5, 5.41) is 0. The molecule has 0 aliphatic heterocycles. The van der Waals surface area contributed by atoms with Crippen molar-refractivity contribution in [1.29, 1.82) is 0 Å². The minimum absolute atomic E-state index is 0. The van der Waals surface area contributed by atoms with Crippen LogP contribution in [0.15, 0.2) is 34.4 Å². The molecule has 0 unspecified atom stereocenters. The Hall–Kier alpha value is -0.521. The Morgan fingerprint density at radius 2 is 0.867 bits per heavy atom. The average molecular weight is 246 g/mol. The van der Waals surface area contributed by atoms with Gasteiger partial charge in [0, 0.05) is 0 Å². The fourth-order valence-corrected chi connectivity index (χ4v) is 0.911. The number of hydrogen-bond donors (Lipinski definition) is 0. The summed E-state index contributed by atoms with van der Waals surface area (Å²) in [6.07, 6.45) is 3.89. The van der Waals surface area contributed by atoms with Gasteiger partial charge in [0.1, 0.15) is 0 Å². The van der Waals surface area contributed by atoms with Crippen molar-refractivity contribution in [2.24, 2.45) is 0 Å². The van der Waals surface area contributed by atoms with Crippen LogP contribution in [-0.2, 0) is 17.1 Å². The fraction of sp³-hybridized carbons (Fsp3) is 0.429. The summed E-state index contributed by atoms with van der Waals surface area (Å²) in [5.41, 5.74) is 4.25. The molecule has 0 radical (unpaired) electrons. The molecule has 0 fully saturated rings. The van der Waals surface area contributed by atoms with Crippen molar-refractivity contribution in [2.45, 2.75) is 41.5 Å². The number of allylic oxidation sites excluding steroid dienone is 6. The quantitative estimate of drug-likeness (QED) is 0.377. The Labute approximate surface area is 106 Å². The Morgan fingerprint density at radius 1 is 0.667 bits per heavy atom. The van der Waals surface area contributed by atoms with Crippen LogP contribution in [0.5, 0.6) is 0 Å². The van der Waals surface area contributed by atoms with E-state index in [2.05, 4.69) is 0 Å². The molecule has 0 saturated heterocycles. The van der Waals surface area contributed by atoms with Gasteiger partial charge >= 0.3 is 17.1 Å². The molecule has 0 nitrogen and oxygen atoms in total. The third-order valence-electron chi connectivity index (χ3n) is 1.03. The standard InChI is InChI=1S/2C7H11.Fe/c2*1-6(2)5-7(3)4;/h2*1,5H,2-4H3;/q2*-1;+2. The van der Waals surface area contributed by atoms with Gasteiger partial charge in [-0.3, -0.25) is 13.2 Å². The van der Waals surface area contributed by atoms with Gasteiger partial charge in [-0.1, -0.05) is 41.5 Å². The van der Waals surface area contributed by atoms with Gasteiger partial charge < -0.3 is 0 Å². The first-order valence-electron chi connectivity index (χ1n) is 4.73. The normalized spacial score (nSPS) is 7.33. The zero-order chi connectivity index (χ0) is 11.7. The van der Waals surface area contributed by atoms with Crippen LogP contribution in [0.3, 0.4) is 0 Å². The van der Waals surface area contributed by atoms with Gasteiger partial charge in [0.05, 0.1) is 0 Å². The molecular weight excluding hydrogens is 224 g/mol. The zero-order valence-electron chi connectivity index (χ0n) is 10.7. The van der Waals surface area contributed by atoms with Crippen LogP contribution in [-0.4, -0.2) is 0 Å². The third kappa shape index (κ3) is 31.8. The molecule has 0 aliphatic rings. The van der Waals surface area contributed by atoms with Crippen LogP contribution in [0.25, 0.3) is 0 Å². The first-order chi connectivity index (χ1) is 6.25. The molecule has 0 aromatic rings. The summed E-state index contributed by atoms with van der Waals surface area (Å²) in [6, 6.07) is 0. The molecule has 86 valence electrons. The topological polar surface area (TPSA) is 0 Å². The van der Waals surface area contributed by atoms with Gasteiger partial charge in [0.15, 0.2) is 0 Å². The second-order valence-electron chi connectivity index (χ2n) is 3.93. The van der Waals surface area contributed by atoms with Crippen molar-refractivity contribution >= 4 is 0 Å². The minimum atomic E-state index is 0. The van der Waals surface area contributed by atoms with Crippen LogP contribution in [0, 0.1) is 13.2 Å². The molecule has 0 bridgehead atoms. The molecule has 0 saturated carbocycles. The predicted molar refractivity (Wildman–Crippen MR) is 65.8 cm³/mol. The maximum Gasteiger partial charge on any atom is 2.00 e. The Morgan fingerprint density at radius 3 is 0.867 bits per heavy atom. The Kier molecular flexibility index (Phi) is 15.4. The molecule has 0 aromatic carbocycles. The largest absolute Gasteiger partial charge is 2.00 e. The first-order valence-corrected chi connectivity index (χ1v) is 4.73. The third-order valence-corrected chi connectivity index (χ3v) is 1.03. The Balaban J connectivity index is -0.000000180. The summed E-state index contributed by atoms with van der Waals surface area (Å²) in [4.78, 5) is 0. The molecule has 0 amide bonds. The fourth-order valence-electron chi connectivity index (χ4n) is 0.911. The zero-order valence-corrected chi connectivity index (χ0v) is 11.8. The van der Waals surface area contributed by atoms with Crippen LogP contribution < -0.4 is 0 Å². The van der Waals surface area contributed by atoms with Crippen LogP contribution in [0.2, 0.25) is 0 Å². The van der Waals surface area contributed by atoms with Gasteiger partial charge in [0.25, 0.3) is 0 Å². The van der Waals surface area contributed by atoms with Crippen molar-refractivity contribution in [3.05, 3.63) is 47.6 Å². The maximum atomic E-state index is 5.33. The summed E-state index contributed by atoms with van der Waals surface area (Å²) >= 11 is 0. The number of hydrogen-bond acceptors (Lipinski definition) is 0. The summed E-state index contributed by atoms with van der Waals surface area (Å²) in [7, 11) is 0. The maximum absolute atomic E-state index is 5.33. The molecule has 0 N–H and O–H groups in total. The van der Waals surface area contributed by atoms with Gasteiger partial charge in [0.2, 0.25) is 0 Å². The van der Waals surface area contributed by atoms with E-state index in [9.17, 15) is 0 Å². The van der Waals surface area contributed by atoms with Crippen LogP contribution >= 0.6 is 0 Å². The Bertz CT molecular complexity index is 219. The van der Waals surface area contributed by atoms with E-state index >= 15 is 0 Å². The molecule has 0 spiro atoms. The summed E-state index contributed by atoms with van der Waals surface area (Å²) in [6.45, 7) is 22.5. The molecule has 0 atom stereocenters. The summed E-state index contributed by atoms with van der Waals surface area (Å²) in [5.74, 6) is 0. The van der Waals surface area contributed by atoms with E-state index < -0.39 is 0 Å². The van der Waals surface area contributed by atoms with E-state index in [1.54, 1.807) is 0 Å². The second kappa shape index (κ2) is 11.6. The molecule has 1 heteroatoms. The van der Waals surface area contributed by atoms with Gasteiger partial charge in [-0.15, -0.1) is 0 Å². The first kappa shape index (κ1) is 20.0. The van der Waals surface area contributed by atoms with Crippen molar-refractivity contribution < 1.29 is 17.1 Å². The molecule has 0 rings (SSSR count). The van der Waals surface area contributed by atoms with Crippen molar-refractivity contribution in [2.75, 3.05) is 0 Å². The van der Waals surface area contributed by atoms with Crippen LogP contribution in [0.1, 0.15) is 41.5 Å². The molecule has 0 heterocycles. The van der Waals surface area contributed by atoms with E-state index in [-0.39, 0.29) is 17.1 Å². The van der Waals surface area contributed by atoms with E-state index in [0.29, 0.717) is 0 Å². The number of rotatable bonds is 2. The van der Waals surface area contributed by atoms with Gasteiger partial charge in [-0.2, -0.15) is 11.1 Å². The van der Waals surface area contributed by atoms with Crippen molar-refractivity contribution in [3.63, 3.8) is 0 Å². The predicted octanol–water partition coefficient (Wildman–Crippen LogP) is 4.66. The summed E-state index contributed by atoms with van der Waals surface area (Å²) < 4.78 is 0. The SMILES string of the molecule is [CH-]=C(C)C=C(C)C.[CH-]=C(C)C=C(C)C.[Fe+2]. The minimum Gasteiger partial charge on any atom is -0.290 e. The molecule has 15 heavy (non-hydrogen) atoms.